The van der Waals surface area contributed by atoms with E-state index in [0.29, 0.717) is 11.7 Å². The second-order valence-electron chi connectivity index (χ2n) is 8.70. The van der Waals surface area contributed by atoms with Crippen molar-refractivity contribution in [2.75, 3.05) is 12.3 Å². The summed E-state index contributed by atoms with van der Waals surface area (Å²) in [5, 5.41) is 8.52. The molecular weight excluding hydrogens is 386 g/mol. The third kappa shape index (κ3) is 3.58. The number of nitrogens with two attached hydrogens (primary N) is 1. The maximum Gasteiger partial charge on any atom is 0.226 e. The van der Waals surface area contributed by atoms with Crippen LogP contribution in [0, 0.1) is 12.3 Å². The Balaban J connectivity index is 0.00000112. The largest absolute Gasteiger partial charge is 0.383 e. The van der Waals surface area contributed by atoms with Crippen LogP contribution in [0.4, 0.5) is 5.82 Å². The molecule has 1 aliphatic heterocycles. The number of carbonyl (C=O) groups is 1. The molecule has 1 aromatic carbocycles. The number of aromatic nitrogens is 3. The van der Waals surface area contributed by atoms with Gasteiger partial charge in [-0.15, -0.1) is 0 Å². The predicted molar refractivity (Wildman–Crippen MR) is 126 cm³/mol. The smallest absolute Gasteiger partial charge is 0.226 e. The van der Waals surface area contributed by atoms with Crippen molar-refractivity contribution in [3.63, 3.8) is 0 Å². The van der Waals surface area contributed by atoms with Crippen LogP contribution >= 0.6 is 0 Å². The van der Waals surface area contributed by atoms with Gasteiger partial charge in [-0.2, -0.15) is 5.10 Å². The van der Waals surface area contributed by atoms with Crippen molar-refractivity contribution in [2.24, 2.45) is 12.5 Å². The lowest BCUT2D eigenvalue weighted by molar-refractivity contribution is -0.129. The lowest BCUT2D eigenvalue weighted by Crippen LogP contribution is -2.34. The fourth-order valence-electron chi connectivity index (χ4n) is 5.38. The Kier molecular flexibility index (Phi) is 5.73. The van der Waals surface area contributed by atoms with Gasteiger partial charge in [-0.1, -0.05) is 19.9 Å². The zero-order chi connectivity index (χ0) is 22.2. The molecule has 6 nitrogen and oxygen atoms in total. The number of nitrogens with zero attached hydrogens (tertiary/aromatic N) is 3. The van der Waals surface area contributed by atoms with E-state index in [-0.39, 0.29) is 11.3 Å². The van der Waals surface area contributed by atoms with Gasteiger partial charge in [0, 0.05) is 30.7 Å². The summed E-state index contributed by atoms with van der Waals surface area (Å²) in [7, 11) is 1.96. The summed E-state index contributed by atoms with van der Waals surface area (Å²) in [5.41, 5.74) is 11.9. The van der Waals surface area contributed by atoms with Gasteiger partial charge >= 0.3 is 0 Å². The SMILES string of the molecule is CC.Cc1c(N)ncc(-c2ccc3c(cnn3C)c2)c1C1CCC2(CCNC2=O)CC1. The molecule has 2 aliphatic rings. The van der Waals surface area contributed by atoms with E-state index in [9.17, 15) is 4.79 Å². The lowest BCUT2D eigenvalue weighted by Gasteiger charge is -2.36. The fraction of sp³-hybridized carbons (Fsp3) is 0.480. The molecule has 6 heteroatoms. The fourth-order valence-corrected chi connectivity index (χ4v) is 5.38. The third-order valence-corrected chi connectivity index (χ3v) is 7.19. The van der Waals surface area contributed by atoms with Gasteiger partial charge in [-0.25, -0.2) is 4.98 Å². The molecule has 3 heterocycles. The van der Waals surface area contributed by atoms with Gasteiger partial charge in [0.25, 0.3) is 0 Å². The van der Waals surface area contributed by atoms with Crippen LogP contribution in [0.25, 0.3) is 22.0 Å². The molecule has 3 aromatic rings. The summed E-state index contributed by atoms with van der Waals surface area (Å²) < 4.78 is 1.89. The number of benzene rings is 1. The predicted octanol–water partition coefficient (Wildman–Crippen LogP) is 4.72. The molecule has 1 saturated carbocycles. The molecule has 3 N–H and O–H groups in total. The maximum atomic E-state index is 12.4. The Morgan fingerprint density at radius 2 is 1.90 bits per heavy atom. The van der Waals surface area contributed by atoms with Gasteiger partial charge in [0.15, 0.2) is 0 Å². The van der Waals surface area contributed by atoms with Gasteiger partial charge in [0.2, 0.25) is 5.91 Å². The first-order chi connectivity index (χ1) is 15.0. The molecule has 1 spiro atoms. The molecule has 0 unspecified atom stereocenters. The van der Waals surface area contributed by atoms with Crippen molar-refractivity contribution >= 4 is 22.6 Å². The minimum absolute atomic E-state index is 0.141. The van der Waals surface area contributed by atoms with Crippen LogP contribution in [0.1, 0.15) is 63.0 Å². The number of carbonyl (C=O) groups excluding carboxylic acids is 1. The van der Waals surface area contributed by atoms with Gasteiger partial charge in [-0.3, -0.25) is 9.48 Å². The molecule has 2 fully saturated rings. The van der Waals surface area contributed by atoms with E-state index < -0.39 is 0 Å². The number of nitrogens with one attached hydrogen (secondary N) is 1. The lowest BCUT2D eigenvalue weighted by atomic mass is 9.67. The quantitative estimate of drug-likeness (QED) is 0.629. The zero-order valence-corrected chi connectivity index (χ0v) is 19.0. The first-order valence-electron chi connectivity index (χ1n) is 11.4. The van der Waals surface area contributed by atoms with Gasteiger partial charge in [0.05, 0.1) is 17.1 Å². The zero-order valence-electron chi connectivity index (χ0n) is 19.0. The molecule has 0 atom stereocenters. The molecule has 2 aromatic heterocycles. The number of anilines is 1. The number of hydrogen-bond donors (Lipinski definition) is 2. The molecular formula is C25H33N5O. The van der Waals surface area contributed by atoms with Gasteiger partial charge in [0.1, 0.15) is 5.82 Å². The monoisotopic (exact) mass is 419 g/mol. The summed E-state index contributed by atoms with van der Waals surface area (Å²) in [6.45, 7) is 6.90. The van der Waals surface area contributed by atoms with Crippen molar-refractivity contribution in [1.82, 2.24) is 20.1 Å². The van der Waals surface area contributed by atoms with Crippen molar-refractivity contribution in [1.29, 1.82) is 0 Å². The number of aryl methyl sites for hydroxylation is 1. The highest BCUT2D eigenvalue weighted by atomic mass is 16.2. The number of rotatable bonds is 2. The summed E-state index contributed by atoms with van der Waals surface area (Å²) in [6, 6.07) is 6.45. The average molecular weight is 420 g/mol. The molecule has 1 amide bonds. The maximum absolute atomic E-state index is 12.4. The van der Waals surface area contributed by atoms with E-state index in [2.05, 4.69) is 40.5 Å². The van der Waals surface area contributed by atoms with Gasteiger partial charge in [-0.05, 0) is 73.8 Å². The number of fused-ring (bicyclic) bond motifs is 1. The normalized spacial score (nSPS) is 23.0. The Labute approximate surface area is 184 Å². The third-order valence-electron chi connectivity index (χ3n) is 7.19. The van der Waals surface area contributed by atoms with E-state index in [1.54, 1.807) is 0 Å². The highest BCUT2D eigenvalue weighted by molar-refractivity contribution is 5.86. The second-order valence-corrected chi connectivity index (χ2v) is 8.70. The Morgan fingerprint density at radius 3 is 2.58 bits per heavy atom. The van der Waals surface area contributed by atoms with Crippen LogP contribution in [0.5, 0.6) is 0 Å². The van der Waals surface area contributed by atoms with E-state index in [1.807, 2.05) is 38.0 Å². The minimum Gasteiger partial charge on any atom is -0.383 e. The van der Waals surface area contributed by atoms with Crippen LogP contribution in [-0.4, -0.2) is 27.2 Å². The first-order valence-corrected chi connectivity index (χ1v) is 11.4. The van der Waals surface area contributed by atoms with Crippen LogP contribution in [0.2, 0.25) is 0 Å². The van der Waals surface area contributed by atoms with Crippen LogP contribution in [0.15, 0.2) is 30.6 Å². The van der Waals surface area contributed by atoms with Gasteiger partial charge < -0.3 is 11.1 Å². The molecule has 0 bridgehead atoms. The highest BCUT2D eigenvalue weighted by Crippen LogP contribution is 2.49. The number of nitrogen functional groups attached to an aromatic ring is 1. The standard InChI is InChI=1S/C23H27N5O.C2H6/c1-14-20(15-5-7-23(8-6-15)9-10-25-22(23)29)18(13-26-21(14)24)16-3-4-19-17(11-16)12-27-28(19)2;1-2/h3-4,11-13,15H,5-10H2,1-2H3,(H2,24,26)(H,25,29);1-2H3. The topological polar surface area (TPSA) is 85.8 Å². The van der Waals surface area contributed by atoms with E-state index in [1.165, 1.54) is 5.56 Å². The van der Waals surface area contributed by atoms with Crippen molar-refractivity contribution in [3.8, 4) is 11.1 Å². The van der Waals surface area contributed by atoms with E-state index >= 15 is 0 Å². The molecule has 0 radical (unpaired) electrons. The first kappa shape index (κ1) is 21.3. The minimum atomic E-state index is -0.141. The molecule has 1 aliphatic carbocycles. The van der Waals surface area contributed by atoms with Crippen molar-refractivity contribution in [2.45, 2.75) is 58.8 Å². The van der Waals surface area contributed by atoms with Crippen molar-refractivity contribution < 1.29 is 4.79 Å². The van der Waals surface area contributed by atoms with E-state index in [4.69, 9.17) is 5.73 Å². The number of amides is 1. The summed E-state index contributed by atoms with van der Waals surface area (Å²) in [4.78, 5) is 16.9. The Bertz CT molecular complexity index is 1110. The van der Waals surface area contributed by atoms with Crippen molar-refractivity contribution in [3.05, 3.63) is 41.7 Å². The van der Waals surface area contributed by atoms with Crippen LogP contribution in [-0.2, 0) is 11.8 Å². The molecule has 1 saturated heterocycles. The molecule has 5 rings (SSSR count). The second kappa shape index (κ2) is 8.33. The summed E-state index contributed by atoms with van der Waals surface area (Å²) in [6.07, 6.45) is 8.72. The Morgan fingerprint density at radius 1 is 1.16 bits per heavy atom. The molecule has 31 heavy (non-hydrogen) atoms. The summed E-state index contributed by atoms with van der Waals surface area (Å²) in [5.74, 6) is 1.26. The van der Waals surface area contributed by atoms with Crippen LogP contribution in [0.3, 0.4) is 0 Å². The number of hydrogen-bond acceptors (Lipinski definition) is 4. The average Bonchev–Trinajstić information content (AvgIpc) is 3.34. The van der Waals surface area contributed by atoms with E-state index in [0.717, 1.165) is 66.2 Å². The number of pyridine rings is 1. The summed E-state index contributed by atoms with van der Waals surface area (Å²) >= 11 is 0. The Hall–Kier alpha value is -2.89. The highest BCUT2D eigenvalue weighted by Gasteiger charge is 2.45. The van der Waals surface area contributed by atoms with Crippen LogP contribution < -0.4 is 11.1 Å². The molecule has 164 valence electrons.